The van der Waals surface area contributed by atoms with Gasteiger partial charge in [-0.1, -0.05) is 32.9 Å². The summed E-state index contributed by atoms with van der Waals surface area (Å²) in [6, 6.07) is 8.23. The van der Waals surface area contributed by atoms with Crippen LogP contribution in [0.5, 0.6) is 5.75 Å². The Hall–Kier alpha value is -1.55. The number of benzene rings is 1. The monoisotopic (exact) mass is 333 g/mol. The lowest BCUT2D eigenvalue weighted by molar-refractivity contribution is -0.143. The zero-order valence-electron chi connectivity index (χ0n) is 15.7. The summed E-state index contributed by atoms with van der Waals surface area (Å²) in [5.41, 5.74) is 1.44. The Bertz CT molecular complexity index is 523. The van der Waals surface area contributed by atoms with Gasteiger partial charge in [-0.15, -0.1) is 0 Å². The van der Waals surface area contributed by atoms with Gasteiger partial charge in [-0.05, 0) is 43.4 Å². The Morgan fingerprint density at radius 1 is 1.17 bits per heavy atom. The predicted octanol–water partition coefficient (Wildman–Crippen LogP) is 3.78. The molecule has 0 spiro atoms. The number of amides is 1. The van der Waals surface area contributed by atoms with Gasteiger partial charge in [0.15, 0.2) is 0 Å². The van der Waals surface area contributed by atoms with E-state index in [-0.39, 0.29) is 23.5 Å². The minimum Gasteiger partial charge on any atom is -0.494 e. The topological polar surface area (TPSA) is 38.8 Å². The van der Waals surface area contributed by atoms with Crippen LogP contribution in [0, 0.1) is 0 Å². The molecule has 1 aromatic rings. The first kappa shape index (κ1) is 18.8. The first-order valence-electron chi connectivity index (χ1n) is 8.92. The van der Waals surface area contributed by atoms with E-state index >= 15 is 0 Å². The van der Waals surface area contributed by atoms with Crippen molar-refractivity contribution in [1.82, 2.24) is 4.90 Å². The summed E-state index contributed by atoms with van der Waals surface area (Å²) < 4.78 is 11.4. The number of hydrogen-bond donors (Lipinski definition) is 0. The SMILES string of the molecule is CC1CN(C(=O)CCCOc2ccc(C(C)(C)C)cc2)CC(C)O1. The zero-order valence-corrected chi connectivity index (χ0v) is 15.7. The van der Waals surface area contributed by atoms with Crippen LogP contribution in [0.4, 0.5) is 0 Å². The highest BCUT2D eigenvalue weighted by molar-refractivity contribution is 5.76. The van der Waals surface area contributed by atoms with Crippen LogP contribution in [0.1, 0.15) is 53.0 Å². The molecule has 24 heavy (non-hydrogen) atoms. The van der Waals surface area contributed by atoms with Crippen molar-refractivity contribution in [3.05, 3.63) is 29.8 Å². The molecule has 0 aliphatic carbocycles. The molecule has 2 atom stereocenters. The van der Waals surface area contributed by atoms with Gasteiger partial charge in [0, 0.05) is 19.5 Å². The molecule has 1 aliphatic heterocycles. The molecule has 1 fully saturated rings. The molecule has 1 saturated heterocycles. The van der Waals surface area contributed by atoms with Crippen LogP contribution >= 0.6 is 0 Å². The van der Waals surface area contributed by atoms with Gasteiger partial charge in [-0.3, -0.25) is 4.79 Å². The molecule has 1 aliphatic rings. The maximum Gasteiger partial charge on any atom is 0.222 e. The Morgan fingerprint density at radius 3 is 2.29 bits per heavy atom. The maximum absolute atomic E-state index is 12.3. The van der Waals surface area contributed by atoms with Crippen molar-refractivity contribution in [2.45, 2.75) is 65.1 Å². The Morgan fingerprint density at radius 2 is 1.75 bits per heavy atom. The lowest BCUT2D eigenvalue weighted by Gasteiger charge is -2.35. The van der Waals surface area contributed by atoms with E-state index in [9.17, 15) is 4.79 Å². The van der Waals surface area contributed by atoms with Gasteiger partial charge in [0.25, 0.3) is 0 Å². The average Bonchev–Trinajstić information content (AvgIpc) is 2.50. The summed E-state index contributed by atoms with van der Waals surface area (Å²) in [5.74, 6) is 1.06. The lowest BCUT2D eigenvalue weighted by atomic mass is 9.87. The minimum absolute atomic E-state index is 0.121. The maximum atomic E-state index is 12.3. The molecule has 0 bridgehead atoms. The molecule has 0 N–H and O–H groups in total. The highest BCUT2D eigenvalue weighted by Gasteiger charge is 2.25. The largest absolute Gasteiger partial charge is 0.494 e. The van der Waals surface area contributed by atoms with E-state index < -0.39 is 0 Å². The van der Waals surface area contributed by atoms with E-state index in [0.717, 1.165) is 12.2 Å². The second kappa shape index (κ2) is 8.02. The van der Waals surface area contributed by atoms with E-state index in [0.29, 0.717) is 26.1 Å². The number of ether oxygens (including phenoxy) is 2. The zero-order chi connectivity index (χ0) is 17.7. The Kier molecular flexibility index (Phi) is 6.27. The highest BCUT2D eigenvalue weighted by atomic mass is 16.5. The summed E-state index contributed by atoms with van der Waals surface area (Å²) >= 11 is 0. The standard InChI is InChI=1S/C20H31NO3/c1-15-13-21(14-16(2)24-15)19(22)7-6-12-23-18-10-8-17(9-11-18)20(3,4)5/h8-11,15-16H,6-7,12-14H2,1-5H3. The van der Waals surface area contributed by atoms with Gasteiger partial charge in [-0.25, -0.2) is 0 Å². The molecule has 0 aromatic heterocycles. The molecule has 1 heterocycles. The third kappa shape index (κ3) is 5.52. The number of morpholine rings is 1. The lowest BCUT2D eigenvalue weighted by Crippen LogP contribution is -2.48. The Labute approximate surface area is 146 Å². The molecule has 0 saturated carbocycles. The van der Waals surface area contributed by atoms with Crippen molar-refractivity contribution in [2.24, 2.45) is 0 Å². The number of carbonyl (C=O) groups excluding carboxylic acids is 1. The fourth-order valence-electron chi connectivity index (χ4n) is 3.00. The molecule has 2 rings (SSSR count). The van der Waals surface area contributed by atoms with Crippen LogP contribution in [-0.4, -0.2) is 42.7 Å². The molecule has 134 valence electrons. The third-order valence-electron chi connectivity index (χ3n) is 4.30. The van der Waals surface area contributed by atoms with E-state index in [4.69, 9.17) is 9.47 Å². The van der Waals surface area contributed by atoms with Crippen LogP contribution in [0.3, 0.4) is 0 Å². The van der Waals surface area contributed by atoms with Gasteiger partial charge in [0.1, 0.15) is 5.75 Å². The number of carbonyl (C=O) groups is 1. The van der Waals surface area contributed by atoms with Gasteiger partial charge in [0.05, 0.1) is 18.8 Å². The van der Waals surface area contributed by atoms with Crippen molar-refractivity contribution in [2.75, 3.05) is 19.7 Å². The smallest absolute Gasteiger partial charge is 0.222 e. The van der Waals surface area contributed by atoms with Crippen molar-refractivity contribution < 1.29 is 14.3 Å². The van der Waals surface area contributed by atoms with E-state index in [1.807, 2.05) is 30.9 Å². The second-order valence-corrected chi connectivity index (χ2v) is 7.78. The molecule has 1 amide bonds. The van der Waals surface area contributed by atoms with Crippen LogP contribution in [-0.2, 0) is 14.9 Å². The number of nitrogens with zero attached hydrogens (tertiary/aromatic N) is 1. The van der Waals surface area contributed by atoms with Crippen LogP contribution in [0.25, 0.3) is 0 Å². The third-order valence-corrected chi connectivity index (χ3v) is 4.30. The van der Waals surface area contributed by atoms with Crippen molar-refractivity contribution >= 4 is 5.91 Å². The van der Waals surface area contributed by atoms with Crippen molar-refractivity contribution in [3.8, 4) is 5.75 Å². The molecule has 4 nitrogen and oxygen atoms in total. The van der Waals surface area contributed by atoms with Crippen LogP contribution in [0.2, 0.25) is 0 Å². The van der Waals surface area contributed by atoms with E-state index in [1.165, 1.54) is 5.56 Å². The predicted molar refractivity (Wildman–Crippen MR) is 96.5 cm³/mol. The molecule has 1 aromatic carbocycles. The van der Waals surface area contributed by atoms with Gasteiger partial charge >= 0.3 is 0 Å². The average molecular weight is 333 g/mol. The molecule has 0 radical (unpaired) electrons. The highest BCUT2D eigenvalue weighted by Crippen LogP contribution is 2.24. The summed E-state index contributed by atoms with van der Waals surface area (Å²) in [5, 5.41) is 0. The quantitative estimate of drug-likeness (QED) is 0.770. The molecular formula is C20H31NO3. The van der Waals surface area contributed by atoms with Gasteiger partial charge in [-0.2, -0.15) is 0 Å². The molecule has 2 unspecified atom stereocenters. The first-order valence-corrected chi connectivity index (χ1v) is 8.92. The summed E-state index contributed by atoms with van der Waals surface area (Å²) in [7, 11) is 0. The van der Waals surface area contributed by atoms with Crippen molar-refractivity contribution in [1.29, 1.82) is 0 Å². The summed E-state index contributed by atoms with van der Waals surface area (Å²) in [6.07, 6.45) is 1.50. The number of rotatable bonds is 5. The minimum atomic E-state index is 0.121. The summed E-state index contributed by atoms with van der Waals surface area (Å²) in [4.78, 5) is 14.2. The number of hydrogen-bond acceptors (Lipinski definition) is 3. The van der Waals surface area contributed by atoms with E-state index in [1.54, 1.807) is 0 Å². The van der Waals surface area contributed by atoms with Crippen LogP contribution < -0.4 is 4.74 Å². The molecule has 4 heteroatoms. The van der Waals surface area contributed by atoms with Crippen LogP contribution in [0.15, 0.2) is 24.3 Å². The Balaban J connectivity index is 1.72. The van der Waals surface area contributed by atoms with Crippen molar-refractivity contribution in [3.63, 3.8) is 0 Å². The van der Waals surface area contributed by atoms with Gasteiger partial charge in [0.2, 0.25) is 5.91 Å². The fraction of sp³-hybridized carbons (Fsp3) is 0.650. The first-order chi connectivity index (χ1) is 11.3. The fourth-order valence-corrected chi connectivity index (χ4v) is 3.00. The van der Waals surface area contributed by atoms with E-state index in [2.05, 4.69) is 32.9 Å². The second-order valence-electron chi connectivity index (χ2n) is 7.78. The van der Waals surface area contributed by atoms with Gasteiger partial charge < -0.3 is 14.4 Å². The normalized spacial score (nSPS) is 21.6. The molecular weight excluding hydrogens is 302 g/mol. The summed E-state index contributed by atoms with van der Waals surface area (Å²) in [6.45, 7) is 12.6.